The molecule has 1 heterocycles. The Kier molecular flexibility index (Phi) is 3.84. The van der Waals surface area contributed by atoms with Gasteiger partial charge in [0.25, 0.3) is 0 Å². The van der Waals surface area contributed by atoms with Gasteiger partial charge in [0.2, 0.25) is 0 Å². The summed E-state index contributed by atoms with van der Waals surface area (Å²) in [6, 6.07) is 11.9. The second-order valence-electron chi connectivity index (χ2n) is 3.53. The fourth-order valence-electron chi connectivity index (χ4n) is 1.50. The molecule has 0 amide bonds. The summed E-state index contributed by atoms with van der Waals surface area (Å²) in [6.07, 6.45) is 2.77. The first-order chi connectivity index (χ1) is 8.29. The third-order valence-electron chi connectivity index (χ3n) is 2.29. The number of hydrogen-bond acceptors (Lipinski definition) is 3. The van der Waals surface area contributed by atoms with Gasteiger partial charge >= 0.3 is 0 Å². The van der Waals surface area contributed by atoms with Crippen molar-refractivity contribution < 1.29 is 0 Å². The highest BCUT2D eigenvalue weighted by Crippen LogP contribution is 2.20. The van der Waals surface area contributed by atoms with Gasteiger partial charge in [0.15, 0.2) is 0 Å². The predicted octanol–water partition coefficient (Wildman–Crippen LogP) is 3.36. The lowest BCUT2D eigenvalue weighted by atomic mass is 10.1. The summed E-state index contributed by atoms with van der Waals surface area (Å²) >= 11 is 3.43. The predicted molar refractivity (Wildman–Crippen MR) is 69.1 cm³/mol. The Labute approximate surface area is 108 Å². The van der Waals surface area contributed by atoms with Crippen LogP contribution in [0.1, 0.15) is 12.2 Å². The number of rotatable bonds is 3. The van der Waals surface area contributed by atoms with E-state index in [1.54, 1.807) is 6.20 Å². The number of halogens is 1. The van der Waals surface area contributed by atoms with Crippen LogP contribution < -0.4 is 0 Å². The maximum atomic E-state index is 8.54. The summed E-state index contributed by atoms with van der Waals surface area (Å²) in [6.45, 7) is 0. The number of aryl methyl sites for hydroxylation is 1. The molecule has 0 bridgehead atoms. The summed E-state index contributed by atoms with van der Waals surface area (Å²) in [5.41, 5.74) is 1.93. The second-order valence-corrected chi connectivity index (χ2v) is 4.44. The molecule has 1 aromatic carbocycles. The second kappa shape index (κ2) is 5.55. The van der Waals surface area contributed by atoms with Crippen molar-refractivity contribution in [3.8, 4) is 17.3 Å². The van der Waals surface area contributed by atoms with E-state index in [0.29, 0.717) is 18.7 Å². The molecule has 84 valence electrons. The molecule has 0 saturated heterocycles. The Morgan fingerprint density at radius 1 is 1.29 bits per heavy atom. The molecule has 0 N–H and O–H groups in total. The molecule has 0 saturated carbocycles. The highest BCUT2D eigenvalue weighted by molar-refractivity contribution is 9.10. The molecular weight excluding hydrogens is 278 g/mol. The Hall–Kier alpha value is -1.73. The van der Waals surface area contributed by atoms with E-state index in [1.165, 1.54) is 0 Å². The van der Waals surface area contributed by atoms with Gasteiger partial charge in [0, 0.05) is 29.1 Å². The topological polar surface area (TPSA) is 49.6 Å². The van der Waals surface area contributed by atoms with Crippen LogP contribution in [0, 0.1) is 11.3 Å². The Morgan fingerprint density at radius 2 is 2.18 bits per heavy atom. The van der Waals surface area contributed by atoms with Gasteiger partial charge in [0.1, 0.15) is 5.82 Å². The normalized spacial score (nSPS) is 9.88. The van der Waals surface area contributed by atoms with Crippen molar-refractivity contribution in [1.82, 2.24) is 9.97 Å². The van der Waals surface area contributed by atoms with Crippen molar-refractivity contribution in [2.45, 2.75) is 12.8 Å². The first-order valence-electron chi connectivity index (χ1n) is 5.24. The molecule has 0 aliphatic heterocycles. The van der Waals surface area contributed by atoms with E-state index in [2.05, 4.69) is 32.0 Å². The van der Waals surface area contributed by atoms with Crippen LogP contribution in [0.2, 0.25) is 0 Å². The SMILES string of the molecule is N#CCCc1nccc(-c2cccc(Br)c2)n1. The van der Waals surface area contributed by atoms with Crippen molar-refractivity contribution in [3.05, 3.63) is 46.8 Å². The van der Waals surface area contributed by atoms with Crippen LogP contribution in [0.15, 0.2) is 41.0 Å². The van der Waals surface area contributed by atoms with Gasteiger partial charge in [0.05, 0.1) is 11.8 Å². The highest BCUT2D eigenvalue weighted by atomic mass is 79.9. The summed E-state index contributed by atoms with van der Waals surface area (Å²) in [7, 11) is 0. The maximum absolute atomic E-state index is 8.54. The quantitative estimate of drug-likeness (QED) is 0.870. The molecule has 2 aromatic rings. The molecule has 1 aromatic heterocycles. The molecule has 0 fully saturated rings. The van der Waals surface area contributed by atoms with Gasteiger partial charge in [-0.1, -0.05) is 28.1 Å². The number of hydrogen-bond donors (Lipinski definition) is 0. The van der Waals surface area contributed by atoms with Crippen molar-refractivity contribution >= 4 is 15.9 Å². The molecule has 3 nitrogen and oxygen atoms in total. The molecule has 0 aliphatic carbocycles. The Morgan fingerprint density at radius 3 is 2.94 bits per heavy atom. The standard InChI is InChI=1S/C13H10BrN3/c14-11-4-1-3-10(9-11)12-6-8-16-13(17-12)5-2-7-15/h1,3-4,6,8-9H,2,5H2. The van der Waals surface area contributed by atoms with Crippen LogP contribution in [-0.4, -0.2) is 9.97 Å². The fourth-order valence-corrected chi connectivity index (χ4v) is 1.90. The number of aromatic nitrogens is 2. The van der Waals surface area contributed by atoms with E-state index in [-0.39, 0.29) is 0 Å². The lowest BCUT2D eigenvalue weighted by Crippen LogP contribution is -1.95. The Bertz CT molecular complexity index is 561. The first kappa shape index (κ1) is 11.7. The summed E-state index contributed by atoms with van der Waals surface area (Å²) in [5.74, 6) is 0.712. The first-order valence-corrected chi connectivity index (χ1v) is 6.04. The zero-order valence-corrected chi connectivity index (χ0v) is 10.7. The summed E-state index contributed by atoms with van der Waals surface area (Å²) in [4.78, 5) is 8.59. The molecule has 0 aliphatic rings. The zero-order valence-electron chi connectivity index (χ0n) is 9.10. The van der Waals surface area contributed by atoms with E-state index in [9.17, 15) is 0 Å². The molecule has 17 heavy (non-hydrogen) atoms. The minimum atomic E-state index is 0.446. The van der Waals surface area contributed by atoms with Gasteiger partial charge in [-0.2, -0.15) is 5.26 Å². The average Bonchev–Trinajstić information content (AvgIpc) is 2.37. The number of benzene rings is 1. The van der Waals surface area contributed by atoms with E-state index in [0.717, 1.165) is 15.7 Å². The van der Waals surface area contributed by atoms with E-state index < -0.39 is 0 Å². The summed E-state index contributed by atoms with van der Waals surface area (Å²) < 4.78 is 1.02. The maximum Gasteiger partial charge on any atom is 0.129 e. The highest BCUT2D eigenvalue weighted by Gasteiger charge is 2.02. The third kappa shape index (κ3) is 3.11. The van der Waals surface area contributed by atoms with Crippen molar-refractivity contribution in [3.63, 3.8) is 0 Å². The van der Waals surface area contributed by atoms with Gasteiger partial charge in [-0.15, -0.1) is 0 Å². The lowest BCUT2D eigenvalue weighted by Gasteiger charge is -2.03. The van der Waals surface area contributed by atoms with Gasteiger partial charge in [-0.05, 0) is 18.2 Å². The van der Waals surface area contributed by atoms with Crippen LogP contribution >= 0.6 is 15.9 Å². The van der Waals surface area contributed by atoms with Crippen LogP contribution in [0.3, 0.4) is 0 Å². The molecule has 0 spiro atoms. The van der Waals surface area contributed by atoms with Gasteiger partial charge in [-0.3, -0.25) is 0 Å². The van der Waals surface area contributed by atoms with Gasteiger partial charge < -0.3 is 0 Å². The van der Waals surface area contributed by atoms with Crippen LogP contribution in [0.5, 0.6) is 0 Å². The zero-order chi connectivity index (χ0) is 12.1. The van der Waals surface area contributed by atoms with E-state index in [1.807, 2.05) is 30.3 Å². The molecule has 0 unspecified atom stereocenters. The van der Waals surface area contributed by atoms with Crippen molar-refractivity contribution in [2.75, 3.05) is 0 Å². The number of nitriles is 1. The minimum absolute atomic E-state index is 0.446. The van der Waals surface area contributed by atoms with Crippen molar-refractivity contribution in [1.29, 1.82) is 5.26 Å². The number of nitrogens with zero attached hydrogens (tertiary/aromatic N) is 3. The van der Waals surface area contributed by atoms with Crippen LogP contribution in [0.4, 0.5) is 0 Å². The Balaban J connectivity index is 2.30. The van der Waals surface area contributed by atoms with E-state index >= 15 is 0 Å². The lowest BCUT2D eigenvalue weighted by molar-refractivity contribution is 0.887. The molecule has 0 radical (unpaired) electrons. The average molecular weight is 288 g/mol. The smallest absolute Gasteiger partial charge is 0.129 e. The third-order valence-corrected chi connectivity index (χ3v) is 2.78. The monoisotopic (exact) mass is 287 g/mol. The molecular formula is C13H10BrN3. The van der Waals surface area contributed by atoms with Crippen molar-refractivity contribution in [2.24, 2.45) is 0 Å². The largest absolute Gasteiger partial charge is 0.241 e. The summed E-state index contributed by atoms with van der Waals surface area (Å²) in [5, 5.41) is 8.54. The molecule has 4 heteroatoms. The van der Waals surface area contributed by atoms with Crippen LogP contribution in [0.25, 0.3) is 11.3 Å². The van der Waals surface area contributed by atoms with Crippen LogP contribution in [-0.2, 0) is 6.42 Å². The fraction of sp³-hybridized carbons (Fsp3) is 0.154. The van der Waals surface area contributed by atoms with Gasteiger partial charge in [-0.25, -0.2) is 9.97 Å². The molecule has 0 atom stereocenters. The molecule has 2 rings (SSSR count). The van der Waals surface area contributed by atoms with E-state index in [4.69, 9.17) is 5.26 Å². The minimum Gasteiger partial charge on any atom is -0.241 e.